The van der Waals surface area contributed by atoms with E-state index >= 15 is 0 Å². The first-order valence-corrected chi connectivity index (χ1v) is 7.16. The lowest BCUT2D eigenvalue weighted by atomic mass is 10.2. The van der Waals surface area contributed by atoms with E-state index in [0.717, 1.165) is 12.8 Å². The Morgan fingerprint density at radius 2 is 2.00 bits per heavy atom. The summed E-state index contributed by atoms with van der Waals surface area (Å²) in [5, 5.41) is 13.6. The molecule has 1 aromatic rings. The first-order chi connectivity index (χ1) is 8.54. The molecule has 0 saturated heterocycles. The first kappa shape index (κ1) is 14.8. The van der Waals surface area contributed by atoms with Crippen molar-refractivity contribution in [2.45, 2.75) is 30.7 Å². The molecule has 0 fully saturated rings. The Hall–Kier alpha value is -1.27. The van der Waals surface area contributed by atoms with Crippen molar-refractivity contribution >= 4 is 16.5 Å². The van der Waals surface area contributed by atoms with E-state index in [4.69, 9.17) is 0 Å². The van der Waals surface area contributed by atoms with Crippen LogP contribution in [0.15, 0.2) is 29.2 Å². The Kier molecular flexibility index (Phi) is 5.94. The summed E-state index contributed by atoms with van der Waals surface area (Å²) in [7, 11) is 0.827. The highest BCUT2D eigenvalue weighted by Crippen LogP contribution is 2.15. The van der Waals surface area contributed by atoms with Crippen LogP contribution in [-0.4, -0.2) is 28.0 Å². The molecule has 0 heterocycles. The van der Waals surface area contributed by atoms with Crippen LogP contribution in [0.1, 0.15) is 19.8 Å². The molecule has 0 spiro atoms. The van der Waals surface area contributed by atoms with Crippen LogP contribution in [0.3, 0.4) is 0 Å². The molecule has 0 amide bonds. The third-order valence-corrected chi connectivity index (χ3v) is 4.23. The second-order valence-corrected chi connectivity index (χ2v) is 5.70. The van der Waals surface area contributed by atoms with Gasteiger partial charge in [-0.05, 0) is 38.9 Å². The lowest BCUT2D eigenvalue weighted by molar-refractivity contribution is -0.384. The van der Waals surface area contributed by atoms with Gasteiger partial charge in [0.25, 0.3) is 5.69 Å². The summed E-state index contributed by atoms with van der Waals surface area (Å²) in [6, 6.07) is 6.33. The number of hydrogen-bond acceptors (Lipinski definition) is 4. The number of nitro groups is 1. The van der Waals surface area contributed by atoms with E-state index < -0.39 is 15.7 Å². The van der Waals surface area contributed by atoms with Crippen LogP contribution in [0.25, 0.3) is 0 Å². The number of benzene rings is 1. The van der Waals surface area contributed by atoms with E-state index in [1.54, 1.807) is 12.1 Å². The van der Waals surface area contributed by atoms with Crippen LogP contribution in [0.5, 0.6) is 0 Å². The van der Waals surface area contributed by atoms with Crippen molar-refractivity contribution in [3.8, 4) is 0 Å². The van der Waals surface area contributed by atoms with E-state index in [1.165, 1.54) is 12.1 Å². The van der Waals surface area contributed by atoms with Crippen molar-refractivity contribution in [1.82, 2.24) is 5.32 Å². The molecule has 6 heteroatoms. The van der Waals surface area contributed by atoms with Crippen LogP contribution in [-0.2, 0) is 10.8 Å². The van der Waals surface area contributed by atoms with Gasteiger partial charge in [-0.2, -0.15) is 0 Å². The van der Waals surface area contributed by atoms with E-state index in [9.17, 15) is 14.3 Å². The molecule has 0 aliphatic heterocycles. The summed E-state index contributed by atoms with van der Waals surface area (Å²) in [4.78, 5) is 10.7. The van der Waals surface area contributed by atoms with E-state index in [2.05, 4.69) is 12.2 Å². The monoisotopic (exact) mass is 270 g/mol. The normalized spacial score (nSPS) is 14.1. The Balaban J connectivity index is 2.49. The Bertz CT molecular complexity index is 420. The van der Waals surface area contributed by atoms with Crippen LogP contribution in [0, 0.1) is 10.1 Å². The zero-order chi connectivity index (χ0) is 13.5. The maximum Gasteiger partial charge on any atom is 0.269 e. The number of rotatable bonds is 7. The van der Waals surface area contributed by atoms with Crippen molar-refractivity contribution in [2.24, 2.45) is 0 Å². The highest BCUT2D eigenvalue weighted by atomic mass is 32.2. The van der Waals surface area contributed by atoms with Crippen molar-refractivity contribution < 1.29 is 9.13 Å². The molecular formula is C12H18N2O3S. The molecule has 1 aromatic carbocycles. The molecule has 0 aliphatic carbocycles. The molecule has 2 unspecified atom stereocenters. The molecule has 0 aromatic heterocycles. The molecule has 0 radical (unpaired) electrons. The fraction of sp³-hybridized carbons (Fsp3) is 0.500. The quantitative estimate of drug-likeness (QED) is 0.608. The fourth-order valence-corrected chi connectivity index (χ4v) is 2.61. The zero-order valence-corrected chi connectivity index (χ0v) is 11.4. The van der Waals surface area contributed by atoms with Gasteiger partial charge in [-0.1, -0.05) is 0 Å². The minimum absolute atomic E-state index is 0.0274. The zero-order valence-electron chi connectivity index (χ0n) is 10.6. The van der Waals surface area contributed by atoms with E-state index in [-0.39, 0.29) is 5.69 Å². The van der Waals surface area contributed by atoms with Gasteiger partial charge >= 0.3 is 0 Å². The highest BCUT2D eigenvalue weighted by molar-refractivity contribution is 7.85. The van der Waals surface area contributed by atoms with Crippen LogP contribution in [0.2, 0.25) is 0 Å². The second-order valence-electron chi connectivity index (χ2n) is 4.13. The summed E-state index contributed by atoms with van der Waals surface area (Å²) in [5.41, 5.74) is 0.0274. The Morgan fingerprint density at radius 3 is 2.50 bits per heavy atom. The van der Waals surface area contributed by atoms with Gasteiger partial charge in [0, 0.05) is 28.8 Å². The number of nitro benzene ring substituents is 1. The van der Waals surface area contributed by atoms with Gasteiger partial charge in [0.15, 0.2) is 0 Å². The molecule has 100 valence electrons. The number of hydrogen-bond donors (Lipinski definition) is 1. The van der Waals surface area contributed by atoms with Gasteiger partial charge in [-0.15, -0.1) is 0 Å². The molecule has 0 saturated carbocycles. The molecule has 0 aliphatic rings. The summed E-state index contributed by atoms with van der Waals surface area (Å²) in [6.45, 7) is 2.08. The number of non-ortho nitro benzene ring substituents is 1. The lowest BCUT2D eigenvalue weighted by Gasteiger charge is -2.09. The standard InChI is InChI=1S/C12H18N2O3S/c1-10(13-2)4-3-9-18(17)12-7-5-11(6-8-12)14(15)16/h5-8,10,13H,3-4,9H2,1-2H3. The summed E-state index contributed by atoms with van der Waals surface area (Å²) in [5.74, 6) is 0.587. The molecule has 2 atom stereocenters. The van der Waals surface area contributed by atoms with Gasteiger partial charge in [0.1, 0.15) is 0 Å². The van der Waals surface area contributed by atoms with E-state index in [0.29, 0.717) is 16.7 Å². The van der Waals surface area contributed by atoms with Crippen LogP contribution < -0.4 is 5.32 Å². The lowest BCUT2D eigenvalue weighted by Crippen LogP contribution is -2.21. The average molecular weight is 270 g/mol. The SMILES string of the molecule is CNC(C)CCCS(=O)c1ccc([N+](=O)[O-])cc1. The Labute approximate surface area is 109 Å². The third-order valence-electron chi connectivity index (χ3n) is 2.77. The summed E-state index contributed by atoms with van der Waals surface area (Å²) < 4.78 is 11.9. The smallest absolute Gasteiger partial charge is 0.269 e. The van der Waals surface area contributed by atoms with E-state index in [1.807, 2.05) is 7.05 Å². The van der Waals surface area contributed by atoms with Crippen molar-refractivity contribution in [2.75, 3.05) is 12.8 Å². The van der Waals surface area contributed by atoms with Gasteiger partial charge in [-0.25, -0.2) is 0 Å². The predicted molar refractivity (Wildman–Crippen MR) is 72.1 cm³/mol. The summed E-state index contributed by atoms with van der Waals surface area (Å²) >= 11 is 0. The van der Waals surface area contributed by atoms with Crippen molar-refractivity contribution in [3.05, 3.63) is 34.4 Å². The maximum atomic E-state index is 11.9. The minimum atomic E-state index is -1.07. The topological polar surface area (TPSA) is 72.2 Å². The highest BCUT2D eigenvalue weighted by Gasteiger charge is 2.08. The van der Waals surface area contributed by atoms with Crippen molar-refractivity contribution in [3.63, 3.8) is 0 Å². The fourth-order valence-electron chi connectivity index (χ4n) is 1.50. The van der Waals surface area contributed by atoms with Gasteiger partial charge in [0.05, 0.1) is 15.7 Å². The van der Waals surface area contributed by atoms with Gasteiger partial charge in [-0.3, -0.25) is 14.3 Å². The van der Waals surface area contributed by atoms with Crippen LogP contribution >= 0.6 is 0 Å². The first-order valence-electron chi connectivity index (χ1n) is 5.84. The summed E-state index contributed by atoms with van der Waals surface area (Å²) in [6.07, 6.45) is 1.83. The minimum Gasteiger partial charge on any atom is -0.317 e. The third kappa shape index (κ3) is 4.54. The molecule has 0 bridgehead atoms. The average Bonchev–Trinajstić information content (AvgIpc) is 2.38. The maximum absolute atomic E-state index is 11.9. The molecule has 1 rings (SSSR count). The van der Waals surface area contributed by atoms with Gasteiger partial charge < -0.3 is 5.32 Å². The Morgan fingerprint density at radius 1 is 1.39 bits per heavy atom. The molecule has 1 N–H and O–H groups in total. The molecular weight excluding hydrogens is 252 g/mol. The number of nitrogens with one attached hydrogen (secondary N) is 1. The predicted octanol–water partition coefficient (Wildman–Crippen LogP) is 2.09. The second kappa shape index (κ2) is 7.23. The largest absolute Gasteiger partial charge is 0.317 e. The molecule has 18 heavy (non-hydrogen) atoms. The number of nitrogens with zero attached hydrogens (tertiary/aromatic N) is 1. The van der Waals surface area contributed by atoms with Crippen molar-refractivity contribution in [1.29, 1.82) is 0 Å². The molecule has 5 nitrogen and oxygen atoms in total. The van der Waals surface area contributed by atoms with Crippen LogP contribution in [0.4, 0.5) is 5.69 Å². The van der Waals surface area contributed by atoms with Gasteiger partial charge in [0.2, 0.25) is 0 Å².